The van der Waals surface area contributed by atoms with Crippen molar-refractivity contribution in [3.05, 3.63) is 28.2 Å². The first-order chi connectivity index (χ1) is 8.34. The quantitative estimate of drug-likeness (QED) is 0.863. The maximum Gasteiger partial charge on any atom is 0.416 e. The highest BCUT2D eigenvalue weighted by molar-refractivity contribution is 9.10. The van der Waals surface area contributed by atoms with Crippen molar-refractivity contribution in [2.24, 2.45) is 11.7 Å². The third kappa shape index (κ3) is 4.49. The number of nitrogens with one attached hydrogen (secondary N) is 1. The van der Waals surface area contributed by atoms with Gasteiger partial charge >= 0.3 is 6.18 Å². The van der Waals surface area contributed by atoms with Crippen LogP contribution in [0.2, 0.25) is 0 Å². The molecule has 102 valence electrons. The number of benzene rings is 1. The van der Waals surface area contributed by atoms with Gasteiger partial charge in [-0.3, -0.25) is 0 Å². The summed E-state index contributed by atoms with van der Waals surface area (Å²) >= 11 is 3.14. The van der Waals surface area contributed by atoms with Crippen molar-refractivity contribution in [2.75, 3.05) is 18.4 Å². The summed E-state index contributed by atoms with van der Waals surface area (Å²) in [6, 6.07) is 3.58. The van der Waals surface area contributed by atoms with Crippen LogP contribution in [-0.4, -0.2) is 13.1 Å². The molecule has 0 amide bonds. The first-order valence-corrected chi connectivity index (χ1v) is 6.44. The van der Waals surface area contributed by atoms with Gasteiger partial charge in [0.1, 0.15) is 0 Å². The summed E-state index contributed by atoms with van der Waals surface area (Å²) in [7, 11) is 0. The molecule has 2 nitrogen and oxygen atoms in total. The lowest BCUT2D eigenvalue weighted by atomic mass is 10.1. The van der Waals surface area contributed by atoms with Gasteiger partial charge in [0.2, 0.25) is 0 Å². The first-order valence-electron chi connectivity index (χ1n) is 5.65. The lowest BCUT2D eigenvalue weighted by molar-refractivity contribution is -0.137. The Labute approximate surface area is 113 Å². The molecule has 0 heterocycles. The molecule has 6 heteroatoms. The van der Waals surface area contributed by atoms with Crippen LogP contribution in [-0.2, 0) is 6.18 Å². The smallest absolute Gasteiger partial charge is 0.384 e. The van der Waals surface area contributed by atoms with Crippen LogP contribution in [0.4, 0.5) is 18.9 Å². The molecule has 0 aliphatic carbocycles. The molecule has 0 aliphatic rings. The van der Waals surface area contributed by atoms with Crippen LogP contribution >= 0.6 is 15.9 Å². The maximum absolute atomic E-state index is 12.5. The van der Waals surface area contributed by atoms with E-state index in [9.17, 15) is 13.2 Å². The van der Waals surface area contributed by atoms with E-state index in [0.717, 1.165) is 18.6 Å². The molecule has 1 aromatic carbocycles. The van der Waals surface area contributed by atoms with Gasteiger partial charge in [-0.15, -0.1) is 0 Å². The molecule has 3 N–H and O–H groups in total. The summed E-state index contributed by atoms with van der Waals surface area (Å²) in [4.78, 5) is 0. The Bertz CT molecular complexity index is 393. The van der Waals surface area contributed by atoms with Crippen molar-refractivity contribution in [3.8, 4) is 0 Å². The highest BCUT2D eigenvalue weighted by Gasteiger charge is 2.30. The van der Waals surface area contributed by atoms with Crippen molar-refractivity contribution in [1.82, 2.24) is 0 Å². The van der Waals surface area contributed by atoms with E-state index in [1.807, 2.05) is 6.92 Å². The molecular formula is C12H16BrF3N2. The Morgan fingerprint density at radius 1 is 1.39 bits per heavy atom. The third-order valence-electron chi connectivity index (χ3n) is 2.60. The molecule has 0 saturated heterocycles. The highest BCUT2D eigenvalue weighted by Crippen LogP contribution is 2.33. The summed E-state index contributed by atoms with van der Waals surface area (Å²) in [6.45, 7) is 3.33. The molecule has 0 bridgehead atoms. The van der Waals surface area contributed by atoms with Gasteiger partial charge in [0.25, 0.3) is 0 Å². The second kappa shape index (κ2) is 6.43. The molecule has 1 atom stereocenters. The minimum Gasteiger partial charge on any atom is -0.384 e. The van der Waals surface area contributed by atoms with E-state index >= 15 is 0 Å². The number of hydrogen-bond donors (Lipinski definition) is 2. The minimum atomic E-state index is -4.31. The average molecular weight is 325 g/mol. The monoisotopic (exact) mass is 324 g/mol. The molecule has 0 radical (unpaired) electrons. The number of halogens is 4. The molecule has 0 aromatic heterocycles. The predicted molar refractivity (Wildman–Crippen MR) is 70.5 cm³/mol. The van der Waals surface area contributed by atoms with Gasteiger partial charge in [-0.2, -0.15) is 13.2 Å². The van der Waals surface area contributed by atoms with Crippen molar-refractivity contribution < 1.29 is 13.2 Å². The standard InChI is InChI=1S/C12H16BrF3N2/c1-8(4-5-17)7-18-11-3-2-9(6-10(11)13)12(14,15)16/h2-3,6,8,18H,4-5,7,17H2,1H3. The molecular weight excluding hydrogens is 309 g/mol. The summed E-state index contributed by atoms with van der Waals surface area (Å²) < 4.78 is 37.8. The van der Waals surface area contributed by atoms with Crippen LogP contribution in [0.25, 0.3) is 0 Å². The van der Waals surface area contributed by atoms with Gasteiger partial charge in [0.05, 0.1) is 5.56 Å². The van der Waals surface area contributed by atoms with Crippen LogP contribution in [0.3, 0.4) is 0 Å². The summed E-state index contributed by atoms with van der Waals surface area (Å²) in [5.41, 5.74) is 5.44. The number of rotatable bonds is 5. The molecule has 1 aromatic rings. The van der Waals surface area contributed by atoms with Crippen LogP contribution in [0, 0.1) is 5.92 Å². The number of anilines is 1. The maximum atomic E-state index is 12.5. The fourth-order valence-electron chi connectivity index (χ4n) is 1.51. The SMILES string of the molecule is CC(CCN)CNc1ccc(C(F)(F)F)cc1Br. The van der Waals surface area contributed by atoms with Crippen molar-refractivity contribution >= 4 is 21.6 Å². The van der Waals surface area contributed by atoms with Crippen molar-refractivity contribution in [2.45, 2.75) is 19.5 Å². The van der Waals surface area contributed by atoms with Gasteiger partial charge in [0.15, 0.2) is 0 Å². The molecule has 0 spiro atoms. The summed E-state index contributed by atoms with van der Waals surface area (Å²) in [6.07, 6.45) is -3.43. The van der Waals surface area contributed by atoms with Gasteiger partial charge in [-0.05, 0) is 53.0 Å². The Morgan fingerprint density at radius 2 is 2.06 bits per heavy atom. The largest absolute Gasteiger partial charge is 0.416 e. The number of nitrogens with two attached hydrogens (primary N) is 1. The molecule has 18 heavy (non-hydrogen) atoms. The summed E-state index contributed by atoms with van der Waals surface area (Å²) in [5.74, 6) is 0.379. The van der Waals surface area contributed by atoms with Gasteiger partial charge in [-0.25, -0.2) is 0 Å². The van der Waals surface area contributed by atoms with E-state index in [1.54, 1.807) is 0 Å². The lowest BCUT2D eigenvalue weighted by Crippen LogP contribution is -2.15. The number of alkyl halides is 3. The Morgan fingerprint density at radius 3 is 2.56 bits per heavy atom. The normalized spacial score (nSPS) is 13.4. The van der Waals surface area contributed by atoms with Gasteiger partial charge in [0, 0.05) is 16.7 Å². The fourth-order valence-corrected chi connectivity index (χ4v) is 2.02. The molecule has 0 saturated carbocycles. The van der Waals surface area contributed by atoms with E-state index < -0.39 is 11.7 Å². The topological polar surface area (TPSA) is 38.0 Å². The first kappa shape index (κ1) is 15.3. The van der Waals surface area contributed by atoms with E-state index in [4.69, 9.17) is 5.73 Å². The zero-order valence-corrected chi connectivity index (χ0v) is 11.6. The third-order valence-corrected chi connectivity index (χ3v) is 3.25. The second-order valence-electron chi connectivity index (χ2n) is 4.26. The molecule has 1 unspecified atom stereocenters. The van der Waals surface area contributed by atoms with Crippen molar-refractivity contribution in [3.63, 3.8) is 0 Å². The van der Waals surface area contributed by atoms with Crippen molar-refractivity contribution in [1.29, 1.82) is 0 Å². The lowest BCUT2D eigenvalue weighted by Gasteiger charge is -2.15. The fraction of sp³-hybridized carbons (Fsp3) is 0.500. The van der Waals surface area contributed by atoms with E-state index in [0.29, 0.717) is 29.2 Å². The predicted octanol–water partition coefficient (Wildman–Crippen LogP) is 3.86. The Kier molecular flexibility index (Phi) is 5.47. The zero-order chi connectivity index (χ0) is 13.8. The summed E-state index contributed by atoms with van der Waals surface area (Å²) in [5, 5.41) is 3.11. The molecule has 1 rings (SSSR count). The van der Waals surface area contributed by atoms with E-state index in [-0.39, 0.29) is 0 Å². The highest BCUT2D eigenvalue weighted by atomic mass is 79.9. The van der Waals surface area contributed by atoms with Gasteiger partial charge < -0.3 is 11.1 Å². The molecule has 0 aliphatic heterocycles. The zero-order valence-electron chi connectivity index (χ0n) is 10.0. The van der Waals surface area contributed by atoms with Crippen LogP contribution < -0.4 is 11.1 Å². The minimum absolute atomic E-state index is 0.379. The van der Waals surface area contributed by atoms with E-state index in [1.165, 1.54) is 6.07 Å². The van der Waals surface area contributed by atoms with E-state index in [2.05, 4.69) is 21.2 Å². The Hall–Kier alpha value is -0.750. The molecule has 0 fully saturated rings. The average Bonchev–Trinajstić information content (AvgIpc) is 2.26. The Balaban J connectivity index is 2.69. The van der Waals surface area contributed by atoms with Crippen LogP contribution in [0.5, 0.6) is 0 Å². The van der Waals surface area contributed by atoms with Crippen LogP contribution in [0.1, 0.15) is 18.9 Å². The van der Waals surface area contributed by atoms with Crippen LogP contribution in [0.15, 0.2) is 22.7 Å². The number of hydrogen-bond acceptors (Lipinski definition) is 2. The van der Waals surface area contributed by atoms with Gasteiger partial charge in [-0.1, -0.05) is 6.92 Å². The second-order valence-corrected chi connectivity index (χ2v) is 5.11.